The average molecular weight is 361 g/mol. The predicted molar refractivity (Wildman–Crippen MR) is 98.7 cm³/mol. The lowest BCUT2D eigenvalue weighted by molar-refractivity contribution is 0.324. The molecule has 0 saturated carbocycles. The second-order valence-electron chi connectivity index (χ2n) is 6.43. The van der Waals surface area contributed by atoms with E-state index in [1.165, 1.54) is 27.5 Å². The monoisotopic (exact) mass is 361 g/mol. The van der Waals surface area contributed by atoms with E-state index in [0.29, 0.717) is 28.5 Å². The number of hydrogen-bond acceptors (Lipinski definition) is 8. The molecule has 1 aromatic heterocycles. The van der Waals surface area contributed by atoms with Crippen molar-refractivity contribution in [1.82, 2.24) is 15.2 Å². The number of hydrazone groups is 1. The van der Waals surface area contributed by atoms with Gasteiger partial charge in [0.2, 0.25) is 11.7 Å². The molecule has 1 aromatic carbocycles. The van der Waals surface area contributed by atoms with E-state index in [2.05, 4.69) is 25.7 Å². The van der Waals surface area contributed by atoms with Crippen molar-refractivity contribution in [3.8, 4) is 17.2 Å². The molecule has 0 fully saturated rings. The largest absolute Gasteiger partial charge is 0.493 e. The van der Waals surface area contributed by atoms with Crippen molar-refractivity contribution in [1.29, 1.82) is 0 Å². The Morgan fingerprint density at radius 2 is 1.69 bits per heavy atom. The maximum atomic E-state index is 12.1. The number of nitrogens with one attached hydrogen (secondary N) is 2. The van der Waals surface area contributed by atoms with Gasteiger partial charge < -0.3 is 14.2 Å². The van der Waals surface area contributed by atoms with E-state index in [1.54, 1.807) is 12.1 Å². The van der Waals surface area contributed by atoms with Gasteiger partial charge in [0.1, 0.15) is 5.69 Å². The minimum Gasteiger partial charge on any atom is -0.493 e. The first kappa shape index (κ1) is 19.2. The lowest BCUT2D eigenvalue weighted by Crippen LogP contribution is -2.28. The summed E-state index contributed by atoms with van der Waals surface area (Å²) in [5, 5.41) is 11.9. The van der Waals surface area contributed by atoms with Gasteiger partial charge in [-0.05, 0) is 12.1 Å². The molecule has 1 heterocycles. The summed E-state index contributed by atoms with van der Waals surface area (Å²) in [6.45, 7) is 5.67. The fourth-order valence-electron chi connectivity index (χ4n) is 2.22. The Morgan fingerprint density at radius 3 is 2.15 bits per heavy atom. The normalized spacial score (nSPS) is 11.5. The molecule has 2 aromatic rings. The summed E-state index contributed by atoms with van der Waals surface area (Å²) >= 11 is 0. The van der Waals surface area contributed by atoms with Crippen LogP contribution in [0.5, 0.6) is 17.2 Å². The fraction of sp³-hybridized carbons (Fsp3) is 0.412. The molecule has 9 nitrogen and oxygen atoms in total. The topological polar surface area (TPSA) is 111 Å². The third-order valence-electron chi connectivity index (χ3n) is 3.48. The molecule has 0 amide bonds. The van der Waals surface area contributed by atoms with Crippen LogP contribution in [0.3, 0.4) is 0 Å². The Labute approximate surface area is 151 Å². The highest BCUT2D eigenvalue weighted by Gasteiger charge is 2.20. The first-order valence-corrected chi connectivity index (χ1v) is 7.86. The van der Waals surface area contributed by atoms with Crippen LogP contribution in [0.15, 0.2) is 22.0 Å². The second kappa shape index (κ2) is 7.85. The number of aromatic amines is 1. The van der Waals surface area contributed by atoms with E-state index in [4.69, 9.17) is 14.2 Å². The molecular formula is C17H23N5O4. The first-order chi connectivity index (χ1) is 12.3. The van der Waals surface area contributed by atoms with Crippen molar-refractivity contribution in [3.63, 3.8) is 0 Å². The molecule has 0 spiro atoms. The molecule has 0 unspecified atom stereocenters. The summed E-state index contributed by atoms with van der Waals surface area (Å²) in [4.78, 5) is 14.7. The van der Waals surface area contributed by atoms with Crippen LogP contribution in [0.1, 0.15) is 32.0 Å². The van der Waals surface area contributed by atoms with Crippen LogP contribution < -0.4 is 25.2 Å². The summed E-state index contributed by atoms with van der Waals surface area (Å²) in [6.07, 6.45) is 1.53. The Bertz CT molecular complexity index is 830. The number of methoxy groups -OCH3 is 3. The van der Waals surface area contributed by atoms with Crippen LogP contribution in [0.25, 0.3) is 0 Å². The maximum Gasteiger partial charge on any atom is 0.274 e. The van der Waals surface area contributed by atoms with E-state index in [0.717, 1.165) is 0 Å². The van der Waals surface area contributed by atoms with Crippen molar-refractivity contribution in [3.05, 3.63) is 33.7 Å². The van der Waals surface area contributed by atoms with Gasteiger partial charge in [0, 0.05) is 11.0 Å². The Balaban J connectivity index is 2.21. The van der Waals surface area contributed by atoms with Gasteiger partial charge in [0.25, 0.3) is 5.56 Å². The third kappa shape index (κ3) is 4.29. The van der Waals surface area contributed by atoms with Crippen LogP contribution in [-0.2, 0) is 5.41 Å². The fourth-order valence-corrected chi connectivity index (χ4v) is 2.22. The molecule has 0 aliphatic carbocycles. The van der Waals surface area contributed by atoms with Crippen LogP contribution in [0.4, 0.5) is 5.95 Å². The van der Waals surface area contributed by atoms with Crippen LogP contribution in [-0.4, -0.2) is 42.7 Å². The highest BCUT2D eigenvalue weighted by Crippen LogP contribution is 2.37. The molecule has 2 rings (SSSR count). The zero-order valence-electron chi connectivity index (χ0n) is 15.7. The number of H-pyrrole nitrogens is 1. The van der Waals surface area contributed by atoms with E-state index in [-0.39, 0.29) is 11.5 Å². The van der Waals surface area contributed by atoms with Crippen LogP contribution in [0, 0.1) is 0 Å². The van der Waals surface area contributed by atoms with Gasteiger partial charge in [0.15, 0.2) is 11.5 Å². The molecule has 0 aliphatic heterocycles. The molecular weight excluding hydrogens is 338 g/mol. The van der Waals surface area contributed by atoms with Crippen molar-refractivity contribution in [2.75, 3.05) is 26.8 Å². The van der Waals surface area contributed by atoms with Crippen molar-refractivity contribution < 1.29 is 14.2 Å². The summed E-state index contributed by atoms with van der Waals surface area (Å²) in [5.41, 5.74) is 3.01. The maximum absolute atomic E-state index is 12.1. The third-order valence-corrected chi connectivity index (χ3v) is 3.48. The van der Waals surface area contributed by atoms with Gasteiger partial charge in [-0.3, -0.25) is 9.78 Å². The molecule has 0 bridgehead atoms. The predicted octanol–water partition coefficient (Wildman–Crippen LogP) is 1.93. The number of hydrogen-bond donors (Lipinski definition) is 2. The average Bonchev–Trinajstić information content (AvgIpc) is 2.59. The molecule has 26 heavy (non-hydrogen) atoms. The van der Waals surface area contributed by atoms with E-state index in [9.17, 15) is 4.79 Å². The van der Waals surface area contributed by atoms with Gasteiger partial charge >= 0.3 is 0 Å². The number of nitrogens with zero attached hydrogens (tertiary/aromatic N) is 3. The first-order valence-electron chi connectivity index (χ1n) is 7.86. The molecule has 140 valence electrons. The highest BCUT2D eigenvalue weighted by atomic mass is 16.5. The van der Waals surface area contributed by atoms with Crippen LogP contribution in [0.2, 0.25) is 0 Å². The van der Waals surface area contributed by atoms with Crippen molar-refractivity contribution in [2.45, 2.75) is 26.2 Å². The smallest absolute Gasteiger partial charge is 0.274 e. The van der Waals surface area contributed by atoms with Crippen molar-refractivity contribution in [2.24, 2.45) is 5.10 Å². The zero-order chi connectivity index (χ0) is 19.3. The minimum atomic E-state index is -0.390. The zero-order valence-corrected chi connectivity index (χ0v) is 15.7. The van der Waals surface area contributed by atoms with E-state index in [1.807, 2.05) is 20.8 Å². The van der Waals surface area contributed by atoms with Gasteiger partial charge in [0.05, 0.1) is 27.5 Å². The second-order valence-corrected chi connectivity index (χ2v) is 6.43. The van der Waals surface area contributed by atoms with Crippen LogP contribution >= 0.6 is 0 Å². The molecule has 0 aliphatic rings. The lowest BCUT2D eigenvalue weighted by atomic mass is 9.93. The number of ether oxygens (including phenoxy) is 3. The van der Waals surface area contributed by atoms with Gasteiger partial charge in [-0.25, -0.2) is 5.43 Å². The quantitative estimate of drug-likeness (QED) is 0.597. The minimum absolute atomic E-state index is 0.145. The molecule has 0 radical (unpaired) electrons. The number of benzene rings is 1. The Kier molecular flexibility index (Phi) is 5.81. The summed E-state index contributed by atoms with van der Waals surface area (Å²) in [5.74, 6) is 1.66. The Hall–Kier alpha value is -3.10. The number of aromatic nitrogens is 3. The lowest BCUT2D eigenvalue weighted by Gasteiger charge is -2.15. The van der Waals surface area contributed by atoms with E-state index >= 15 is 0 Å². The van der Waals surface area contributed by atoms with Gasteiger partial charge in [-0.2, -0.15) is 5.10 Å². The standard InChI is InChI=1S/C17H23N5O4/c1-17(2,3)14-15(23)19-16(22-20-14)21-18-9-10-7-11(24-4)13(26-6)12(8-10)25-5/h7-9H,1-6H3,(H2,19,21,22,23)/b18-9+. The highest BCUT2D eigenvalue weighted by molar-refractivity contribution is 5.82. The number of anilines is 1. The van der Waals surface area contributed by atoms with E-state index < -0.39 is 5.41 Å². The Morgan fingerprint density at radius 1 is 1.08 bits per heavy atom. The number of rotatable bonds is 6. The molecule has 0 saturated heterocycles. The summed E-state index contributed by atoms with van der Waals surface area (Å²) in [7, 11) is 4.60. The van der Waals surface area contributed by atoms with Gasteiger partial charge in [-0.1, -0.05) is 20.8 Å². The van der Waals surface area contributed by atoms with Gasteiger partial charge in [-0.15, -0.1) is 10.2 Å². The summed E-state index contributed by atoms with van der Waals surface area (Å²) < 4.78 is 15.8. The molecule has 2 N–H and O–H groups in total. The SMILES string of the molecule is COc1cc(/C=N/Nc2nnc(C(C)(C)C)c(=O)[nH]2)cc(OC)c1OC. The molecule has 9 heteroatoms. The van der Waals surface area contributed by atoms with Crippen molar-refractivity contribution >= 4 is 12.2 Å². The summed E-state index contributed by atoms with van der Waals surface area (Å²) in [6, 6.07) is 3.48. The molecule has 0 atom stereocenters.